The highest BCUT2D eigenvalue weighted by atomic mass is 19.4. The van der Waals surface area contributed by atoms with Crippen LogP contribution in [0, 0.1) is 22.7 Å². The SMILES string of the molecule is CN(CCCN1C(=O)N(c2cccc(C(F)(F)F)c2)C2=C(C(=O)N(CC[N+](C)(C)C)C2)[C@@H]1c1ccc(C#N)cc1)CCCN1C(=O)N(c2cccc(C(F)(F)F)c2)C2=C(C(=O)N(CC[N+](C)(C)C)C2)[C@@H]1c1ccc(C#N)cc1.O=CO. The molecule has 0 unspecified atom stereocenters. The fourth-order valence-corrected chi connectivity index (χ4v) is 10.3. The summed E-state index contributed by atoms with van der Waals surface area (Å²) in [4.78, 5) is 78.5. The van der Waals surface area contributed by atoms with Crippen molar-refractivity contribution in [2.24, 2.45) is 0 Å². The average Bonchev–Trinajstić information content (AvgIpc) is 2.31. The van der Waals surface area contributed by atoms with E-state index in [4.69, 9.17) is 9.90 Å². The van der Waals surface area contributed by atoms with E-state index in [0.717, 1.165) is 24.3 Å². The average molecular weight is 1130 g/mol. The molecule has 0 radical (unpaired) electrons. The fourth-order valence-electron chi connectivity index (χ4n) is 10.3. The van der Waals surface area contributed by atoms with Crippen LogP contribution in [0.3, 0.4) is 0 Å². The monoisotopic (exact) mass is 1130 g/mol. The molecule has 17 nitrogen and oxygen atoms in total. The molecule has 4 aromatic rings. The van der Waals surface area contributed by atoms with Crippen LogP contribution in [-0.2, 0) is 26.7 Å². The third-order valence-electron chi connectivity index (χ3n) is 14.5. The minimum atomic E-state index is -4.72. The Bertz CT molecular complexity index is 2970. The maximum atomic E-state index is 15.1. The van der Waals surface area contributed by atoms with E-state index in [2.05, 4.69) is 12.1 Å². The van der Waals surface area contributed by atoms with Crippen molar-refractivity contribution in [3.05, 3.63) is 153 Å². The highest BCUT2D eigenvalue weighted by Crippen LogP contribution is 2.46. The molecule has 4 aliphatic rings. The number of amides is 6. The number of nitriles is 2. The molecule has 0 aromatic heterocycles. The van der Waals surface area contributed by atoms with Gasteiger partial charge in [0.05, 0.1) is 162 Å². The number of benzene rings is 4. The van der Waals surface area contributed by atoms with Gasteiger partial charge in [-0.1, -0.05) is 36.4 Å². The summed E-state index contributed by atoms with van der Waals surface area (Å²) in [6, 6.07) is 22.9. The van der Waals surface area contributed by atoms with Crippen LogP contribution < -0.4 is 9.80 Å². The fraction of sp³-hybridized carbons (Fsp3) is 0.397. The Balaban J connectivity index is 0.00000308. The largest absolute Gasteiger partial charge is 0.483 e. The predicted molar refractivity (Wildman–Crippen MR) is 288 cm³/mol. The lowest BCUT2D eigenvalue weighted by Crippen LogP contribution is -2.51. The first-order chi connectivity index (χ1) is 38.1. The molecule has 0 fully saturated rings. The molecule has 2 atom stereocenters. The molecule has 81 heavy (non-hydrogen) atoms. The number of hydrogen-bond acceptors (Lipinski definition) is 8. The van der Waals surface area contributed by atoms with Gasteiger partial charge in [-0.3, -0.25) is 24.2 Å². The summed E-state index contributed by atoms with van der Waals surface area (Å²) in [5, 5.41) is 26.2. The quantitative estimate of drug-likeness (QED) is 0.0586. The molecule has 6 amide bonds. The van der Waals surface area contributed by atoms with Crippen molar-refractivity contribution < 1.29 is 64.4 Å². The molecular formula is C58H65F6N11O6+2. The van der Waals surface area contributed by atoms with Gasteiger partial charge in [-0.05, 0) is 105 Å². The third kappa shape index (κ3) is 13.7. The van der Waals surface area contributed by atoms with Crippen LogP contribution in [0.25, 0.3) is 0 Å². The van der Waals surface area contributed by atoms with E-state index in [-0.39, 0.29) is 78.4 Å². The highest BCUT2D eigenvalue weighted by Gasteiger charge is 2.51. The van der Waals surface area contributed by atoms with E-state index < -0.39 is 47.6 Å². The number of carboxylic acid groups (broad SMARTS) is 1. The topological polar surface area (TPSA) is 176 Å². The Hall–Kier alpha value is -8.25. The lowest BCUT2D eigenvalue weighted by atomic mass is 9.92. The first kappa shape index (κ1) is 60.4. The number of quaternary nitrogens is 2. The van der Waals surface area contributed by atoms with Gasteiger partial charge in [-0.15, -0.1) is 0 Å². The molecule has 0 aliphatic carbocycles. The number of alkyl halides is 6. The number of carbonyl (C=O) groups excluding carboxylic acids is 4. The molecule has 0 spiro atoms. The van der Waals surface area contributed by atoms with E-state index in [1.165, 1.54) is 43.9 Å². The Morgan fingerprint density at radius 2 is 0.938 bits per heavy atom. The molecule has 4 aromatic carbocycles. The Kier molecular flexibility index (Phi) is 18.1. The molecule has 4 aliphatic heterocycles. The van der Waals surface area contributed by atoms with Crippen molar-refractivity contribution in [2.75, 3.05) is 125 Å². The second-order valence-corrected chi connectivity index (χ2v) is 22.3. The minimum absolute atomic E-state index is 0.0235. The van der Waals surface area contributed by atoms with E-state index in [0.29, 0.717) is 83.3 Å². The van der Waals surface area contributed by atoms with Crippen LogP contribution in [-0.4, -0.2) is 184 Å². The summed E-state index contributed by atoms with van der Waals surface area (Å²) in [6.45, 7) is 2.16. The molecule has 4 heterocycles. The Morgan fingerprint density at radius 1 is 0.593 bits per heavy atom. The molecule has 0 bridgehead atoms. The number of carbonyl (C=O) groups is 5. The smallest absolute Gasteiger partial charge is 0.416 e. The van der Waals surface area contributed by atoms with Gasteiger partial charge < -0.3 is 38.6 Å². The molecule has 0 saturated heterocycles. The van der Waals surface area contributed by atoms with E-state index in [1.807, 2.05) is 54.2 Å². The van der Waals surface area contributed by atoms with Crippen molar-refractivity contribution in [3.8, 4) is 12.1 Å². The van der Waals surface area contributed by atoms with Gasteiger partial charge >= 0.3 is 24.4 Å². The van der Waals surface area contributed by atoms with E-state index in [9.17, 15) is 46.5 Å². The summed E-state index contributed by atoms with van der Waals surface area (Å²) < 4.78 is 86.3. The second kappa shape index (κ2) is 24.2. The standard InChI is InChI=1S/C57H63F6N11O4.CH2O2/c1-66(24-10-26-69-50(40-20-16-38(34-64)17-21-40)48-46(36-67(52(48)75)28-30-73(2,3)4)71(54(69)77)44-14-8-12-42(32-44)56(58,59)60)25-11-27-70-51(41-22-18-39(35-65)19-23-41)49-47(37-68(53(49)76)29-31-74(5,6)7)72(55(70)78)45-15-9-13-43(33-45)57(61,62)63;2-1-3/h8-9,12-23,32-33,50-51H,10-11,24-31,36-37H2,1-7H3;1H,(H,2,3)/q+2;/t50-,51-;/m0./s1. The van der Waals surface area contributed by atoms with Gasteiger partial charge in [0, 0.05) is 13.1 Å². The van der Waals surface area contributed by atoms with Gasteiger partial charge in [-0.25, -0.2) is 9.59 Å². The van der Waals surface area contributed by atoms with Crippen molar-refractivity contribution in [2.45, 2.75) is 37.3 Å². The van der Waals surface area contributed by atoms with Crippen LogP contribution in [0.2, 0.25) is 0 Å². The Labute approximate surface area is 466 Å². The van der Waals surface area contributed by atoms with Crippen LogP contribution in [0.4, 0.5) is 47.3 Å². The molecule has 1 N–H and O–H groups in total. The predicted octanol–water partition coefficient (Wildman–Crippen LogP) is 8.15. The van der Waals surface area contributed by atoms with Crippen molar-refractivity contribution >= 4 is 41.7 Å². The number of hydrogen-bond donors (Lipinski definition) is 1. The van der Waals surface area contributed by atoms with Crippen molar-refractivity contribution in [1.82, 2.24) is 24.5 Å². The van der Waals surface area contributed by atoms with Gasteiger partial charge in [0.1, 0.15) is 0 Å². The number of halogens is 6. The normalized spacial score (nSPS) is 17.9. The zero-order chi connectivity index (χ0) is 59.4. The summed E-state index contributed by atoms with van der Waals surface area (Å²) in [5.74, 6) is -0.728. The lowest BCUT2D eigenvalue weighted by Gasteiger charge is -2.42. The lowest BCUT2D eigenvalue weighted by molar-refractivity contribution is -0.869. The van der Waals surface area contributed by atoms with E-state index >= 15 is 9.59 Å². The Morgan fingerprint density at radius 3 is 1.25 bits per heavy atom. The molecule has 428 valence electrons. The van der Waals surface area contributed by atoms with Gasteiger partial charge in [0.15, 0.2) is 0 Å². The summed E-state index contributed by atoms with van der Waals surface area (Å²) >= 11 is 0. The highest BCUT2D eigenvalue weighted by molar-refractivity contribution is 6.08. The van der Waals surface area contributed by atoms with Gasteiger partial charge in [0.2, 0.25) is 0 Å². The van der Waals surface area contributed by atoms with Gasteiger partial charge in [-0.2, -0.15) is 36.9 Å². The number of nitrogens with zero attached hydrogens (tertiary/aromatic N) is 11. The van der Waals surface area contributed by atoms with Gasteiger partial charge in [0.25, 0.3) is 18.3 Å². The minimum Gasteiger partial charge on any atom is -0.483 e. The molecular weight excluding hydrogens is 1060 g/mol. The molecule has 23 heteroatoms. The number of urea groups is 2. The van der Waals surface area contributed by atoms with Crippen LogP contribution in [0.5, 0.6) is 0 Å². The maximum Gasteiger partial charge on any atom is 0.416 e. The summed E-state index contributed by atoms with van der Waals surface area (Å²) in [6.07, 6.45) is -8.83. The maximum absolute atomic E-state index is 15.1. The second-order valence-electron chi connectivity index (χ2n) is 22.3. The van der Waals surface area contributed by atoms with Crippen LogP contribution >= 0.6 is 0 Å². The van der Waals surface area contributed by atoms with Crippen LogP contribution in [0.1, 0.15) is 58.3 Å². The zero-order valence-corrected chi connectivity index (χ0v) is 46.1. The third-order valence-corrected chi connectivity index (χ3v) is 14.5. The summed E-state index contributed by atoms with van der Waals surface area (Å²) in [5.41, 5.74) is 0.735. The first-order valence-electron chi connectivity index (χ1n) is 26.1. The molecule has 0 saturated carbocycles. The molecule has 8 rings (SSSR count). The van der Waals surface area contributed by atoms with Crippen molar-refractivity contribution in [3.63, 3.8) is 0 Å². The van der Waals surface area contributed by atoms with Crippen LogP contribution in [0.15, 0.2) is 120 Å². The number of likely N-dealkylation sites (N-methyl/N-ethyl adjacent to an activating group) is 2. The van der Waals surface area contributed by atoms with E-state index in [1.54, 1.807) is 58.3 Å². The first-order valence-corrected chi connectivity index (χ1v) is 26.1. The summed E-state index contributed by atoms with van der Waals surface area (Å²) in [7, 11) is 13.6. The zero-order valence-electron chi connectivity index (χ0n) is 46.1. The number of anilines is 2. The van der Waals surface area contributed by atoms with Crippen molar-refractivity contribution in [1.29, 1.82) is 10.5 Å². The number of rotatable bonds is 18.